The highest BCUT2D eigenvalue weighted by atomic mass is 16.5. The van der Waals surface area contributed by atoms with E-state index in [4.69, 9.17) is 4.74 Å². The molecule has 0 radical (unpaired) electrons. The van der Waals surface area contributed by atoms with E-state index in [1.54, 1.807) is 7.11 Å². The van der Waals surface area contributed by atoms with Crippen LogP contribution in [0.4, 0.5) is 0 Å². The van der Waals surface area contributed by atoms with Gasteiger partial charge in [0.25, 0.3) is 0 Å². The van der Waals surface area contributed by atoms with Crippen molar-refractivity contribution in [1.29, 1.82) is 0 Å². The van der Waals surface area contributed by atoms with E-state index in [1.807, 2.05) is 12.1 Å². The average Bonchev–Trinajstić information content (AvgIpc) is 2.62. The van der Waals surface area contributed by atoms with Crippen molar-refractivity contribution >= 4 is 5.91 Å². The molecule has 1 saturated heterocycles. The molecular weight excluding hydrogens is 240 g/mol. The fourth-order valence-corrected chi connectivity index (χ4v) is 2.43. The lowest BCUT2D eigenvalue weighted by Gasteiger charge is -2.16. The van der Waals surface area contributed by atoms with Crippen LogP contribution in [0.3, 0.4) is 0 Å². The number of nitrogens with one attached hydrogen (secondary N) is 2. The molecule has 2 rings (SSSR count). The van der Waals surface area contributed by atoms with Crippen LogP contribution in [0.15, 0.2) is 24.3 Å². The lowest BCUT2D eigenvalue weighted by atomic mass is 10.1. The molecule has 1 fully saturated rings. The normalized spacial score (nSPS) is 19.8. The second-order valence-corrected chi connectivity index (χ2v) is 4.98. The zero-order valence-corrected chi connectivity index (χ0v) is 11.4. The molecule has 0 aromatic heterocycles. The summed E-state index contributed by atoms with van der Waals surface area (Å²) in [5.74, 6) is 0.153. The van der Waals surface area contributed by atoms with Gasteiger partial charge in [-0.3, -0.25) is 4.79 Å². The molecule has 1 aliphatic rings. The van der Waals surface area contributed by atoms with Gasteiger partial charge in [-0.05, 0) is 24.0 Å². The van der Waals surface area contributed by atoms with E-state index in [1.165, 1.54) is 11.1 Å². The number of methoxy groups -OCH3 is 1. The van der Waals surface area contributed by atoms with Gasteiger partial charge in [-0.1, -0.05) is 24.3 Å². The summed E-state index contributed by atoms with van der Waals surface area (Å²) in [6.45, 7) is 2.22. The van der Waals surface area contributed by atoms with E-state index in [9.17, 15) is 4.79 Å². The van der Waals surface area contributed by atoms with Crippen molar-refractivity contribution in [3.63, 3.8) is 0 Å². The Hall–Kier alpha value is -1.39. The molecule has 0 spiro atoms. The Balaban J connectivity index is 1.92. The van der Waals surface area contributed by atoms with Gasteiger partial charge in [0.05, 0.1) is 6.61 Å². The standard InChI is InChI=1S/C15H22N2O2/c1-19-11-13-6-3-2-5-12(13)10-17-14-7-4-8-16-15(18)9-14/h2-3,5-6,14,17H,4,7-11H2,1H3,(H,16,18). The molecular formula is C15H22N2O2. The number of ether oxygens (including phenoxy) is 1. The minimum Gasteiger partial charge on any atom is -0.380 e. The van der Waals surface area contributed by atoms with Crippen molar-refractivity contribution in [2.45, 2.75) is 38.5 Å². The molecule has 1 unspecified atom stereocenters. The van der Waals surface area contributed by atoms with Crippen molar-refractivity contribution in [3.8, 4) is 0 Å². The maximum Gasteiger partial charge on any atom is 0.221 e. The van der Waals surface area contributed by atoms with Crippen LogP contribution in [-0.2, 0) is 22.7 Å². The summed E-state index contributed by atoms with van der Waals surface area (Å²) in [5.41, 5.74) is 2.45. The zero-order valence-electron chi connectivity index (χ0n) is 11.4. The third-order valence-electron chi connectivity index (χ3n) is 3.48. The van der Waals surface area contributed by atoms with Crippen molar-refractivity contribution in [1.82, 2.24) is 10.6 Å². The van der Waals surface area contributed by atoms with Crippen molar-refractivity contribution in [2.24, 2.45) is 0 Å². The monoisotopic (exact) mass is 262 g/mol. The first-order valence-corrected chi connectivity index (χ1v) is 6.85. The summed E-state index contributed by atoms with van der Waals surface area (Å²) in [6, 6.07) is 8.53. The zero-order chi connectivity index (χ0) is 13.5. The van der Waals surface area contributed by atoms with Gasteiger partial charge in [-0.15, -0.1) is 0 Å². The predicted molar refractivity (Wildman–Crippen MR) is 74.6 cm³/mol. The summed E-state index contributed by atoms with van der Waals surface area (Å²) in [5, 5.41) is 6.40. The van der Waals surface area contributed by atoms with Gasteiger partial charge in [0.2, 0.25) is 5.91 Å². The summed E-state index contributed by atoms with van der Waals surface area (Å²) in [6.07, 6.45) is 2.67. The van der Waals surface area contributed by atoms with E-state index in [0.29, 0.717) is 13.0 Å². The lowest BCUT2D eigenvalue weighted by molar-refractivity contribution is -0.121. The first kappa shape index (κ1) is 14.0. The van der Waals surface area contributed by atoms with Crippen LogP contribution in [-0.4, -0.2) is 25.6 Å². The number of carbonyl (C=O) groups excluding carboxylic acids is 1. The molecule has 1 amide bonds. The molecule has 1 atom stereocenters. The Kier molecular flexibility index (Phi) is 5.36. The third kappa shape index (κ3) is 4.33. The Labute approximate surface area is 114 Å². The van der Waals surface area contributed by atoms with Gasteiger partial charge in [0.15, 0.2) is 0 Å². The van der Waals surface area contributed by atoms with Crippen molar-refractivity contribution in [2.75, 3.05) is 13.7 Å². The Bertz CT molecular complexity index is 420. The Morgan fingerprint density at radius 2 is 2.16 bits per heavy atom. The molecule has 0 saturated carbocycles. The van der Waals surface area contributed by atoms with Crippen molar-refractivity contribution < 1.29 is 9.53 Å². The van der Waals surface area contributed by atoms with Gasteiger partial charge in [-0.2, -0.15) is 0 Å². The molecule has 4 heteroatoms. The van der Waals surface area contributed by atoms with Crippen LogP contribution in [0.5, 0.6) is 0 Å². The fraction of sp³-hybridized carbons (Fsp3) is 0.533. The smallest absolute Gasteiger partial charge is 0.221 e. The number of amides is 1. The maximum absolute atomic E-state index is 11.5. The number of hydrogen-bond donors (Lipinski definition) is 2. The summed E-state index contributed by atoms with van der Waals surface area (Å²) in [7, 11) is 1.71. The molecule has 1 heterocycles. The van der Waals surface area contributed by atoms with Gasteiger partial charge < -0.3 is 15.4 Å². The summed E-state index contributed by atoms with van der Waals surface area (Å²) in [4.78, 5) is 11.5. The van der Waals surface area contributed by atoms with Crippen LogP contribution < -0.4 is 10.6 Å². The lowest BCUT2D eigenvalue weighted by Crippen LogP contribution is -2.32. The Morgan fingerprint density at radius 3 is 2.95 bits per heavy atom. The van der Waals surface area contributed by atoms with Crippen LogP contribution in [0.1, 0.15) is 30.4 Å². The van der Waals surface area contributed by atoms with Crippen LogP contribution >= 0.6 is 0 Å². The molecule has 0 bridgehead atoms. The highest BCUT2D eigenvalue weighted by molar-refractivity contribution is 5.76. The molecule has 2 N–H and O–H groups in total. The van der Waals surface area contributed by atoms with Crippen LogP contribution in [0.25, 0.3) is 0 Å². The van der Waals surface area contributed by atoms with E-state index < -0.39 is 0 Å². The Morgan fingerprint density at radius 1 is 1.37 bits per heavy atom. The van der Waals surface area contributed by atoms with Gasteiger partial charge in [0, 0.05) is 32.7 Å². The number of rotatable bonds is 5. The molecule has 1 aromatic rings. The molecule has 104 valence electrons. The van der Waals surface area contributed by atoms with E-state index in [0.717, 1.165) is 25.9 Å². The van der Waals surface area contributed by atoms with E-state index >= 15 is 0 Å². The maximum atomic E-state index is 11.5. The molecule has 19 heavy (non-hydrogen) atoms. The number of benzene rings is 1. The molecule has 0 aliphatic carbocycles. The predicted octanol–water partition coefficient (Wildman–Crippen LogP) is 1.59. The second-order valence-electron chi connectivity index (χ2n) is 4.98. The fourth-order valence-electron chi connectivity index (χ4n) is 2.43. The van der Waals surface area contributed by atoms with Gasteiger partial charge in [-0.25, -0.2) is 0 Å². The van der Waals surface area contributed by atoms with E-state index in [2.05, 4.69) is 22.8 Å². The topological polar surface area (TPSA) is 50.4 Å². The van der Waals surface area contributed by atoms with E-state index in [-0.39, 0.29) is 11.9 Å². The molecule has 4 nitrogen and oxygen atoms in total. The van der Waals surface area contributed by atoms with Crippen LogP contribution in [0.2, 0.25) is 0 Å². The van der Waals surface area contributed by atoms with Gasteiger partial charge >= 0.3 is 0 Å². The van der Waals surface area contributed by atoms with Crippen LogP contribution in [0, 0.1) is 0 Å². The first-order chi connectivity index (χ1) is 9.29. The minimum absolute atomic E-state index is 0.153. The average molecular weight is 262 g/mol. The molecule has 1 aromatic carbocycles. The second kappa shape index (κ2) is 7.26. The first-order valence-electron chi connectivity index (χ1n) is 6.85. The molecule has 1 aliphatic heterocycles. The van der Waals surface area contributed by atoms with Gasteiger partial charge in [0.1, 0.15) is 0 Å². The minimum atomic E-state index is 0.153. The largest absolute Gasteiger partial charge is 0.380 e. The summed E-state index contributed by atoms with van der Waals surface area (Å²) >= 11 is 0. The number of hydrogen-bond acceptors (Lipinski definition) is 3. The highest BCUT2D eigenvalue weighted by Crippen LogP contribution is 2.12. The summed E-state index contributed by atoms with van der Waals surface area (Å²) < 4.78 is 5.21. The van der Waals surface area contributed by atoms with Crippen molar-refractivity contribution in [3.05, 3.63) is 35.4 Å². The SMILES string of the molecule is COCc1ccccc1CNC1CCCNC(=O)C1. The number of carbonyl (C=O) groups is 1. The quantitative estimate of drug-likeness (QED) is 0.847. The highest BCUT2D eigenvalue weighted by Gasteiger charge is 2.16. The third-order valence-corrected chi connectivity index (χ3v) is 3.48.